The van der Waals surface area contributed by atoms with Crippen LogP contribution in [0.1, 0.15) is 17.4 Å². The monoisotopic (exact) mass is 406 g/mol. The Morgan fingerprint density at radius 3 is 2.63 bits per heavy atom. The van der Waals surface area contributed by atoms with Crippen molar-refractivity contribution >= 4 is 23.4 Å². The van der Waals surface area contributed by atoms with E-state index in [1.165, 1.54) is 0 Å². The first kappa shape index (κ1) is 19.6. The molecule has 0 unspecified atom stereocenters. The van der Waals surface area contributed by atoms with Gasteiger partial charge in [0.05, 0.1) is 18.2 Å². The lowest BCUT2D eigenvalue weighted by atomic mass is 9.99. The standard InChI is InChI=1S/C21H22N6O3/c1-3-30-21(29)17-11-18(26(2)25-17)14-6-8-16(9-7-14)23-20(28)15-12-27(13-15)19-5-4-10-22-24-19/h4-11,15H,3,12-13H2,1-2H3,(H,23,28). The van der Waals surface area contributed by atoms with Gasteiger partial charge in [-0.15, -0.1) is 5.10 Å². The summed E-state index contributed by atoms with van der Waals surface area (Å²) in [5.74, 6) is 0.229. The zero-order chi connectivity index (χ0) is 21.1. The van der Waals surface area contributed by atoms with Crippen LogP contribution in [0.2, 0.25) is 0 Å². The van der Waals surface area contributed by atoms with Crippen LogP contribution < -0.4 is 10.2 Å². The summed E-state index contributed by atoms with van der Waals surface area (Å²) in [5, 5.41) is 15.1. The van der Waals surface area contributed by atoms with Crippen molar-refractivity contribution in [3.8, 4) is 11.3 Å². The van der Waals surface area contributed by atoms with Crippen molar-refractivity contribution in [3.63, 3.8) is 0 Å². The number of nitrogens with one attached hydrogen (secondary N) is 1. The van der Waals surface area contributed by atoms with Crippen LogP contribution >= 0.6 is 0 Å². The highest BCUT2D eigenvalue weighted by Gasteiger charge is 2.33. The SMILES string of the molecule is CCOC(=O)c1cc(-c2ccc(NC(=O)C3CN(c4cccnn4)C3)cc2)n(C)n1. The molecule has 1 aromatic carbocycles. The quantitative estimate of drug-likeness (QED) is 0.626. The van der Waals surface area contributed by atoms with Crippen molar-refractivity contribution in [2.45, 2.75) is 6.92 Å². The average molecular weight is 406 g/mol. The van der Waals surface area contributed by atoms with Crippen molar-refractivity contribution in [1.29, 1.82) is 0 Å². The van der Waals surface area contributed by atoms with Crippen molar-refractivity contribution in [1.82, 2.24) is 20.0 Å². The maximum absolute atomic E-state index is 12.5. The molecule has 2 aromatic heterocycles. The molecule has 3 heterocycles. The van der Waals surface area contributed by atoms with Crippen LogP contribution in [0, 0.1) is 5.92 Å². The van der Waals surface area contributed by atoms with Gasteiger partial charge in [-0.2, -0.15) is 10.2 Å². The summed E-state index contributed by atoms with van der Waals surface area (Å²) >= 11 is 0. The molecule has 1 N–H and O–H groups in total. The smallest absolute Gasteiger partial charge is 0.358 e. The number of ether oxygens (including phenoxy) is 1. The minimum Gasteiger partial charge on any atom is -0.461 e. The number of carbonyl (C=O) groups is 2. The predicted molar refractivity (Wildman–Crippen MR) is 111 cm³/mol. The molecule has 9 nitrogen and oxygen atoms in total. The van der Waals surface area contributed by atoms with E-state index >= 15 is 0 Å². The molecular formula is C21H22N6O3. The predicted octanol–water partition coefficient (Wildman–Crippen LogP) is 2.13. The second kappa shape index (κ2) is 8.32. The van der Waals surface area contributed by atoms with Gasteiger partial charge in [-0.1, -0.05) is 12.1 Å². The van der Waals surface area contributed by atoms with Crippen molar-refractivity contribution in [2.75, 3.05) is 29.9 Å². The summed E-state index contributed by atoms with van der Waals surface area (Å²) in [6.45, 7) is 3.30. The van der Waals surface area contributed by atoms with Crippen molar-refractivity contribution in [2.24, 2.45) is 13.0 Å². The first-order valence-corrected chi connectivity index (χ1v) is 9.70. The minimum atomic E-state index is -0.445. The van der Waals surface area contributed by atoms with Gasteiger partial charge in [0, 0.05) is 32.0 Å². The van der Waals surface area contributed by atoms with Crippen molar-refractivity contribution in [3.05, 3.63) is 54.4 Å². The van der Waals surface area contributed by atoms with Gasteiger partial charge in [0.25, 0.3) is 0 Å². The molecule has 1 aliphatic heterocycles. The van der Waals surface area contributed by atoms with Gasteiger partial charge in [0.2, 0.25) is 5.91 Å². The van der Waals surface area contributed by atoms with E-state index < -0.39 is 5.97 Å². The maximum atomic E-state index is 12.5. The van der Waals surface area contributed by atoms with E-state index in [4.69, 9.17) is 4.74 Å². The number of aromatic nitrogens is 4. The number of carbonyl (C=O) groups excluding carboxylic acids is 2. The molecule has 9 heteroatoms. The molecule has 0 spiro atoms. The summed E-state index contributed by atoms with van der Waals surface area (Å²) in [7, 11) is 1.77. The van der Waals surface area contributed by atoms with Gasteiger partial charge in [0.15, 0.2) is 11.5 Å². The van der Waals surface area contributed by atoms with Gasteiger partial charge < -0.3 is 15.0 Å². The third kappa shape index (κ3) is 4.00. The lowest BCUT2D eigenvalue weighted by Gasteiger charge is -2.38. The Balaban J connectivity index is 1.36. The van der Waals surface area contributed by atoms with E-state index in [0.717, 1.165) is 22.8 Å². The van der Waals surface area contributed by atoms with Gasteiger partial charge >= 0.3 is 5.97 Å². The zero-order valence-electron chi connectivity index (χ0n) is 16.8. The highest BCUT2D eigenvalue weighted by molar-refractivity contribution is 5.94. The van der Waals surface area contributed by atoms with Crippen LogP contribution in [0.4, 0.5) is 11.5 Å². The molecule has 0 atom stereocenters. The molecule has 0 bridgehead atoms. The fraction of sp³-hybridized carbons (Fsp3) is 0.286. The fourth-order valence-electron chi connectivity index (χ4n) is 3.30. The number of esters is 1. The van der Waals surface area contributed by atoms with Gasteiger partial charge in [0.1, 0.15) is 0 Å². The van der Waals surface area contributed by atoms with E-state index in [-0.39, 0.29) is 17.5 Å². The lowest BCUT2D eigenvalue weighted by molar-refractivity contribution is -0.120. The maximum Gasteiger partial charge on any atom is 0.358 e. The van der Waals surface area contributed by atoms with Crippen LogP contribution in [-0.4, -0.2) is 51.6 Å². The largest absolute Gasteiger partial charge is 0.461 e. The lowest BCUT2D eigenvalue weighted by Crippen LogP contribution is -2.52. The molecule has 1 aliphatic rings. The van der Waals surface area contributed by atoms with E-state index in [9.17, 15) is 9.59 Å². The molecule has 154 valence electrons. The number of aryl methyl sites for hydroxylation is 1. The number of amides is 1. The summed E-state index contributed by atoms with van der Waals surface area (Å²) in [6, 6.07) is 12.8. The Labute approximate surface area is 173 Å². The number of benzene rings is 1. The number of rotatable bonds is 6. The Bertz CT molecular complexity index is 1040. The number of anilines is 2. The molecule has 1 amide bonds. The Kier molecular flexibility index (Phi) is 5.42. The summed E-state index contributed by atoms with van der Waals surface area (Å²) in [4.78, 5) is 26.4. The third-order valence-electron chi connectivity index (χ3n) is 4.95. The second-order valence-corrected chi connectivity index (χ2v) is 7.01. The van der Waals surface area contributed by atoms with Gasteiger partial charge in [-0.3, -0.25) is 9.48 Å². The molecule has 30 heavy (non-hydrogen) atoms. The molecule has 0 radical (unpaired) electrons. The topological polar surface area (TPSA) is 102 Å². The molecule has 1 fully saturated rings. The first-order chi connectivity index (χ1) is 14.5. The second-order valence-electron chi connectivity index (χ2n) is 7.01. The van der Waals surface area contributed by atoms with E-state index in [0.29, 0.717) is 19.7 Å². The molecule has 3 aromatic rings. The first-order valence-electron chi connectivity index (χ1n) is 9.70. The number of hydrogen-bond acceptors (Lipinski definition) is 7. The number of hydrogen-bond donors (Lipinski definition) is 1. The molecular weight excluding hydrogens is 384 g/mol. The van der Waals surface area contributed by atoms with Crippen LogP contribution in [0.15, 0.2) is 48.7 Å². The van der Waals surface area contributed by atoms with Crippen LogP contribution in [-0.2, 0) is 16.6 Å². The molecule has 0 saturated carbocycles. The van der Waals surface area contributed by atoms with Gasteiger partial charge in [-0.25, -0.2) is 4.79 Å². The van der Waals surface area contributed by atoms with E-state index in [2.05, 4.69) is 20.6 Å². The Morgan fingerprint density at radius 1 is 1.20 bits per heavy atom. The van der Waals surface area contributed by atoms with Crippen LogP contribution in [0.25, 0.3) is 11.3 Å². The molecule has 0 aliphatic carbocycles. The fourth-order valence-corrected chi connectivity index (χ4v) is 3.30. The Morgan fingerprint density at radius 2 is 1.97 bits per heavy atom. The number of nitrogens with zero attached hydrogens (tertiary/aromatic N) is 5. The normalized spacial score (nSPS) is 13.6. The average Bonchev–Trinajstić information content (AvgIpc) is 3.10. The van der Waals surface area contributed by atoms with E-state index in [1.807, 2.05) is 41.3 Å². The van der Waals surface area contributed by atoms with Gasteiger partial charge in [-0.05, 0) is 42.8 Å². The summed E-state index contributed by atoms with van der Waals surface area (Å²) < 4.78 is 6.63. The van der Waals surface area contributed by atoms with Crippen molar-refractivity contribution < 1.29 is 14.3 Å². The van der Waals surface area contributed by atoms with Crippen LogP contribution in [0.5, 0.6) is 0 Å². The highest BCUT2D eigenvalue weighted by atomic mass is 16.5. The summed E-state index contributed by atoms with van der Waals surface area (Å²) in [6.07, 6.45) is 1.63. The summed E-state index contributed by atoms with van der Waals surface area (Å²) in [5.41, 5.74) is 2.66. The molecule has 4 rings (SSSR count). The van der Waals surface area contributed by atoms with E-state index in [1.54, 1.807) is 30.9 Å². The Hall–Kier alpha value is -3.75. The minimum absolute atomic E-state index is 0.0204. The highest BCUT2D eigenvalue weighted by Crippen LogP contribution is 2.25. The van der Waals surface area contributed by atoms with Crippen LogP contribution in [0.3, 0.4) is 0 Å². The molecule has 1 saturated heterocycles. The zero-order valence-corrected chi connectivity index (χ0v) is 16.8. The third-order valence-corrected chi connectivity index (χ3v) is 4.95.